The van der Waals surface area contributed by atoms with Crippen LogP contribution in [0.5, 0.6) is 5.75 Å². The minimum Gasteiger partial charge on any atom is -0.497 e. The standard InChI is InChI=1S/C27H29BrClN3O5S/c1-4-30-27(34)19(2)31(17-20-7-5-8-21(28)15-20)26(33)18-32(23-10-6-9-22(29)16-23)38(35,36)25-13-11-24(37-3)12-14-25/h5-16,19H,4,17-18H2,1-3H3,(H,30,34). The Morgan fingerprint density at radius 1 is 1.05 bits per heavy atom. The average Bonchev–Trinajstić information content (AvgIpc) is 2.90. The Balaban J connectivity index is 2.03. The van der Waals surface area contributed by atoms with E-state index in [4.69, 9.17) is 16.3 Å². The van der Waals surface area contributed by atoms with E-state index in [0.29, 0.717) is 17.3 Å². The summed E-state index contributed by atoms with van der Waals surface area (Å²) in [5.74, 6) is -0.408. The Hall–Kier alpha value is -3.08. The molecule has 0 aliphatic carbocycles. The summed E-state index contributed by atoms with van der Waals surface area (Å²) in [6.07, 6.45) is 0. The highest BCUT2D eigenvalue weighted by molar-refractivity contribution is 9.10. The molecule has 0 fully saturated rings. The number of carbonyl (C=O) groups is 2. The number of amides is 2. The number of benzene rings is 3. The number of nitrogens with one attached hydrogen (secondary N) is 1. The van der Waals surface area contributed by atoms with Gasteiger partial charge in [-0.3, -0.25) is 13.9 Å². The number of hydrogen-bond donors (Lipinski definition) is 1. The minimum absolute atomic E-state index is 0.0265. The van der Waals surface area contributed by atoms with E-state index < -0.39 is 28.5 Å². The first-order valence-corrected chi connectivity index (χ1v) is 14.4. The van der Waals surface area contributed by atoms with Crippen LogP contribution in [0.4, 0.5) is 5.69 Å². The van der Waals surface area contributed by atoms with E-state index in [1.165, 1.54) is 42.3 Å². The van der Waals surface area contributed by atoms with Crippen LogP contribution in [-0.4, -0.2) is 51.4 Å². The van der Waals surface area contributed by atoms with E-state index >= 15 is 0 Å². The fourth-order valence-electron chi connectivity index (χ4n) is 3.77. The predicted molar refractivity (Wildman–Crippen MR) is 152 cm³/mol. The van der Waals surface area contributed by atoms with Gasteiger partial charge >= 0.3 is 0 Å². The van der Waals surface area contributed by atoms with E-state index in [0.717, 1.165) is 14.3 Å². The Morgan fingerprint density at radius 2 is 1.74 bits per heavy atom. The second kappa shape index (κ2) is 13.1. The van der Waals surface area contributed by atoms with Gasteiger partial charge in [-0.1, -0.05) is 45.7 Å². The molecule has 0 spiro atoms. The van der Waals surface area contributed by atoms with Gasteiger partial charge in [0.2, 0.25) is 11.8 Å². The van der Waals surface area contributed by atoms with Crippen molar-refractivity contribution in [2.24, 2.45) is 0 Å². The van der Waals surface area contributed by atoms with E-state index in [1.54, 1.807) is 32.0 Å². The number of ether oxygens (including phenoxy) is 1. The molecule has 3 rings (SSSR count). The van der Waals surface area contributed by atoms with Crippen molar-refractivity contribution in [2.45, 2.75) is 31.3 Å². The molecule has 0 aliphatic heterocycles. The van der Waals surface area contributed by atoms with Crippen LogP contribution in [0.1, 0.15) is 19.4 Å². The Bertz CT molecular complexity index is 1390. The number of methoxy groups -OCH3 is 1. The molecule has 1 N–H and O–H groups in total. The fourth-order valence-corrected chi connectivity index (χ4v) is 5.81. The minimum atomic E-state index is -4.20. The Labute approximate surface area is 236 Å². The van der Waals surface area contributed by atoms with Crippen molar-refractivity contribution in [2.75, 3.05) is 24.5 Å². The molecule has 1 unspecified atom stereocenters. The van der Waals surface area contributed by atoms with Crippen molar-refractivity contribution in [3.05, 3.63) is 87.9 Å². The van der Waals surface area contributed by atoms with Crippen molar-refractivity contribution in [1.29, 1.82) is 0 Å². The van der Waals surface area contributed by atoms with Gasteiger partial charge < -0.3 is 15.0 Å². The molecule has 0 radical (unpaired) electrons. The largest absolute Gasteiger partial charge is 0.497 e. The summed E-state index contributed by atoms with van der Waals surface area (Å²) in [6, 6.07) is 18.6. The zero-order valence-electron chi connectivity index (χ0n) is 21.2. The summed E-state index contributed by atoms with van der Waals surface area (Å²) < 4.78 is 34.6. The highest BCUT2D eigenvalue weighted by atomic mass is 79.9. The number of hydrogen-bond acceptors (Lipinski definition) is 5. The van der Waals surface area contributed by atoms with Gasteiger partial charge in [-0.05, 0) is 74.0 Å². The quantitative estimate of drug-likeness (QED) is 0.330. The SMILES string of the molecule is CCNC(=O)C(C)N(Cc1cccc(Br)c1)C(=O)CN(c1cccc(Cl)c1)S(=O)(=O)c1ccc(OC)cc1. The molecule has 8 nitrogen and oxygen atoms in total. The first-order chi connectivity index (χ1) is 18.1. The monoisotopic (exact) mass is 621 g/mol. The van der Waals surface area contributed by atoms with Gasteiger partial charge in [-0.15, -0.1) is 0 Å². The second-order valence-corrected chi connectivity index (χ2v) is 11.6. The van der Waals surface area contributed by atoms with Gasteiger partial charge in [0.15, 0.2) is 0 Å². The summed E-state index contributed by atoms with van der Waals surface area (Å²) in [5.41, 5.74) is 0.992. The lowest BCUT2D eigenvalue weighted by Crippen LogP contribution is -2.51. The van der Waals surface area contributed by atoms with Gasteiger partial charge in [-0.25, -0.2) is 8.42 Å². The van der Waals surface area contributed by atoms with Crippen molar-refractivity contribution < 1.29 is 22.7 Å². The molecule has 38 heavy (non-hydrogen) atoms. The molecular formula is C27H29BrClN3O5S. The van der Waals surface area contributed by atoms with E-state index in [-0.39, 0.29) is 23.0 Å². The molecule has 202 valence electrons. The first-order valence-electron chi connectivity index (χ1n) is 11.8. The topological polar surface area (TPSA) is 96.0 Å². The normalized spacial score (nSPS) is 11.9. The molecule has 0 bridgehead atoms. The lowest BCUT2D eigenvalue weighted by Gasteiger charge is -2.32. The van der Waals surface area contributed by atoms with Crippen LogP contribution in [0.3, 0.4) is 0 Å². The molecule has 2 amide bonds. The van der Waals surface area contributed by atoms with Crippen molar-refractivity contribution >= 4 is 55.1 Å². The second-order valence-electron chi connectivity index (χ2n) is 8.39. The van der Waals surface area contributed by atoms with Gasteiger partial charge in [-0.2, -0.15) is 0 Å². The van der Waals surface area contributed by atoms with E-state index in [9.17, 15) is 18.0 Å². The van der Waals surface area contributed by atoms with Crippen LogP contribution in [0, 0.1) is 0 Å². The smallest absolute Gasteiger partial charge is 0.264 e. The number of halogens is 2. The van der Waals surface area contributed by atoms with Crippen molar-refractivity contribution in [3.63, 3.8) is 0 Å². The van der Waals surface area contributed by atoms with Crippen molar-refractivity contribution in [1.82, 2.24) is 10.2 Å². The zero-order chi connectivity index (χ0) is 27.9. The summed E-state index contributed by atoms with van der Waals surface area (Å²) >= 11 is 9.61. The maximum atomic E-state index is 13.8. The van der Waals surface area contributed by atoms with Gasteiger partial charge in [0.25, 0.3) is 10.0 Å². The highest BCUT2D eigenvalue weighted by Crippen LogP contribution is 2.28. The van der Waals surface area contributed by atoms with Crippen LogP contribution >= 0.6 is 27.5 Å². The molecule has 0 saturated heterocycles. The number of sulfonamides is 1. The van der Waals surface area contributed by atoms with Crippen LogP contribution in [-0.2, 0) is 26.2 Å². The van der Waals surface area contributed by atoms with Crippen molar-refractivity contribution in [3.8, 4) is 5.75 Å². The number of rotatable bonds is 11. The molecule has 0 saturated carbocycles. The third-order valence-electron chi connectivity index (χ3n) is 5.78. The zero-order valence-corrected chi connectivity index (χ0v) is 24.4. The van der Waals surface area contributed by atoms with Gasteiger partial charge in [0.1, 0.15) is 18.3 Å². The number of nitrogens with zero attached hydrogens (tertiary/aromatic N) is 2. The molecule has 0 aliphatic rings. The molecule has 0 aromatic heterocycles. The predicted octanol–water partition coefficient (Wildman–Crippen LogP) is 4.86. The molecule has 3 aromatic rings. The van der Waals surface area contributed by atoms with Crippen LogP contribution < -0.4 is 14.4 Å². The van der Waals surface area contributed by atoms with Gasteiger partial charge in [0.05, 0.1) is 17.7 Å². The molecule has 0 heterocycles. The Kier molecular flexibility index (Phi) is 10.2. The summed E-state index contributed by atoms with van der Waals surface area (Å²) in [4.78, 5) is 27.9. The maximum absolute atomic E-state index is 13.8. The average molecular weight is 623 g/mol. The maximum Gasteiger partial charge on any atom is 0.264 e. The number of likely N-dealkylation sites (N-methyl/N-ethyl adjacent to an activating group) is 1. The lowest BCUT2D eigenvalue weighted by molar-refractivity contribution is -0.139. The van der Waals surface area contributed by atoms with E-state index in [1.807, 2.05) is 24.3 Å². The van der Waals surface area contributed by atoms with E-state index in [2.05, 4.69) is 21.2 Å². The molecule has 1 atom stereocenters. The third kappa shape index (κ3) is 7.27. The summed E-state index contributed by atoms with van der Waals surface area (Å²) in [7, 11) is -2.71. The van der Waals surface area contributed by atoms with Gasteiger partial charge in [0, 0.05) is 22.6 Å². The summed E-state index contributed by atoms with van der Waals surface area (Å²) in [5, 5.41) is 3.05. The third-order valence-corrected chi connectivity index (χ3v) is 8.30. The number of carbonyl (C=O) groups excluding carboxylic acids is 2. The molecular weight excluding hydrogens is 594 g/mol. The first kappa shape index (κ1) is 29.5. The summed E-state index contributed by atoms with van der Waals surface area (Å²) in [6.45, 7) is 3.34. The van der Waals surface area contributed by atoms with Crippen LogP contribution in [0.2, 0.25) is 5.02 Å². The number of anilines is 1. The lowest BCUT2D eigenvalue weighted by atomic mass is 10.1. The van der Waals surface area contributed by atoms with Crippen LogP contribution in [0.15, 0.2) is 82.2 Å². The highest BCUT2D eigenvalue weighted by Gasteiger charge is 2.32. The van der Waals surface area contributed by atoms with Crippen LogP contribution in [0.25, 0.3) is 0 Å². The molecule has 3 aromatic carbocycles. The Morgan fingerprint density at radius 3 is 2.34 bits per heavy atom. The molecule has 11 heteroatoms. The fraction of sp³-hybridized carbons (Fsp3) is 0.259.